The van der Waals surface area contributed by atoms with E-state index in [2.05, 4.69) is 31.1 Å². The molecule has 1 aliphatic carbocycles. The molecule has 1 unspecified atom stereocenters. The Morgan fingerprint density at radius 1 is 0.825 bits per heavy atom. The van der Waals surface area contributed by atoms with E-state index in [0.717, 1.165) is 40.5 Å². The second-order valence-electron chi connectivity index (χ2n) is 14.1. The van der Waals surface area contributed by atoms with Crippen LogP contribution >= 0.6 is 0 Å². The highest BCUT2D eigenvalue weighted by atomic mass is 16.5. The number of fused-ring (bicyclic) bond motifs is 1. The number of piperazine rings is 1. The number of methoxy groups -OCH3 is 1. The van der Waals surface area contributed by atoms with Gasteiger partial charge >= 0.3 is 0 Å². The molecule has 0 radical (unpaired) electrons. The number of amides is 7. The maximum absolute atomic E-state index is 13.1. The van der Waals surface area contributed by atoms with Crippen LogP contribution < -0.4 is 35.6 Å². The van der Waals surface area contributed by atoms with Gasteiger partial charge in [-0.1, -0.05) is 30.3 Å². The lowest BCUT2D eigenvalue weighted by Crippen LogP contribution is -2.54. The zero-order valence-corrected chi connectivity index (χ0v) is 32.0. The number of ether oxygens (including phenoxy) is 2. The Morgan fingerprint density at radius 2 is 1.53 bits per heavy atom. The first-order valence-electron chi connectivity index (χ1n) is 18.9. The van der Waals surface area contributed by atoms with Gasteiger partial charge in [0.2, 0.25) is 29.5 Å². The Kier molecular flexibility index (Phi) is 12.8. The van der Waals surface area contributed by atoms with Crippen LogP contribution in [0.5, 0.6) is 11.5 Å². The average molecular weight is 782 g/mol. The summed E-state index contributed by atoms with van der Waals surface area (Å²) in [7, 11) is 3.16. The molecule has 0 spiro atoms. The molecule has 3 fully saturated rings. The van der Waals surface area contributed by atoms with Crippen molar-refractivity contribution in [3.05, 3.63) is 89.5 Å². The Bertz CT molecular complexity index is 1990. The Balaban J connectivity index is 0.000000242. The van der Waals surface area contributed by atoms with Gasteiger partial charge in [0.1, 0.15) is 24.1 Å². The fourth-order valence-corrected chi connectivity index (χ4v) is 7.05. The number of benzene rings is 3. The van der Waals surface area contributed by atoms with Gasteiger partial charge < -0.3 is 30.3 Å². The number of hydrogen-bond acceptors (Lipinski definition) is 11. The largest absolute Gasteiger partial charge is 0.497 e. The number of piperidine rings is 1. The fourth-order valence-electron chi connectivity index (χ4n) is 7.05. The number of likely N-dealkylation sites (N-methyl/N-ethyl adjacent to an activating group) is 1. The third kappa shape index (κ3) is 9.57. The summed E-state index contributed by atoms with van der Waals surface area (Å²) in [5.41, 5.74) is 1.84. The van der Waals surface area contributed by atoms with E-state index in [4.69, 9.17) is 9.47 Å². The van der Waals surface area contributed by atoms with Crippen LogP contribution in [0.4, 0.5) is 5.69 Å². The van der Waals surface area contributed by atoms with Crippen LogP contribution in [0.2, 0.25) is 0 Å². The second-order valence-corrected chi connectivity index (χ2v) is 14.1. The van der Waals surface area contributed by atoms with Gasteiger partial charge in [-0.25, -0.2) is 0 Å². The van der Waals surface area contributed by atoms with Crippen molar-refractivity contribution < 1.29 is 43.0 Å². The summed E-state index contributed by atoms with van der Waals surface area (Å²) < 4.78 is 10.7. The van der Waals surface area contributed by atoms with E-state index in [1.54, 1.807) is 32.4 Å². The normalized spacial score (nSPS) is 18.4. The van der Waals surface area contributed by atoms with E-state index < -0.39 is 35.1 Å². The topological polar surface area (TPSA) is 196 Å². The van der Waals surface area contributed by atoms with Crippen molar-refractivity contribution in [1.29, 1.82) is 0 Å². The van der Waals surface area contributed by atoms with Gasteiger partial charge in [0.25, 0.3) is 11.8 Å². The number of para-hydroxylation sites is 1. The molecule has 3 heterocycles. The predicted molar refractivity (Wildman–Crippen MR) is 208 cm³/mol. The smallest absolute Gasteiger partial charge is 0.262 e. The summed E-state index contributed by atoms with van der Waals surface area (Å²) in [6.07, 6.45) is 1.84. The van der Waals surface area contributed by atoms with E-state index in [1.165, 1.54) is 0 Å². The first-order valence-corrected chi connectivity index (χ1v) is 18.9. The first kappa shape index (κ1) is 40.4. The molecule has 300 valence electrons. The maximum atomic E-state index is 13.1. The third-order valence-electron chi connectivity index (χ3n) is 10.5. The van der Waals surface area contributed by atoms with Crippen LogP contribution in [0.25, 0.3) is 0 Å². The third-order valence-corrected chi connectivity index (χ3v) is 10.5. The minimum atomic E-state index is -0.983. The summed E-state index contributed by atoms with van der Waals surface area (Å²) in [5.74, 6) is -0.877. The molecular weight excluding hydrogens is 734 g/mol. The van der Waals surface area contributed by atoms with Gasteiger partial charge in [-0.3, -0.25) is 48.7 Å². The van der Waals surface area contributed by atoms with E-state index in [0.29, 0.717) is 39.3 Å². The van der Waals surface area contributed by atoms with Gasteiger partial charge in [-0.05, 0) is 67.3 Å². The highest BCUT2D eigenvalue weighted by Crippen LogP contribution is 2.48. The monoisotopic (exact) mass is 781 g/mol. The van der Waals surface area contributed by atoms with Crippen LogP contribution in [0.1, 0.15) is 52.0 Å². The number of anilines is 1. The molecule has 1 atom stereocenters. The summed E-state index contributed by atoms with van der Waals surface area (Å²) in [6.45, 7) is 3.77. The fraction of sp³-hybridized carbons (Fsp3) is 0.390. The van der Waals surface area contributed by atoms with Crippen molar-refractivity contribution in [2.75, 3.05) is 71.5 Å². The molecule has 1 saturated carbocycles. The Labute approximate surface area is 330 Å². The molecule has 4 aliphatic rings. The minimum absolute atomic E-state index is 0.0211. The number of imide groups is 2. The molecule has 3 aliphatic heterocycles. The van der Waals surface area contributed by atoms with Crippen LogP contribution in [0, 0.1) is 0 Å². The van der Waals surface area contributed by atoms with E-state index in [-0.39, 0.29) is 54.8 Å². The van der Waals surface area contributed by atoms with Gasteiger partial charge in [-0.2, -0.15) is 0 Å². The standard InChI is InChI=1S/C27H29N5O6.C14H18N2O3/c33-23-9-8-22(25(35)29-23)32-26(36)20-7-6-18(16-21(20)27(32)37)31-13-11-30(12-14-31)17-24(34)28-10-15-38-19-4-2-1-3-5-19;1-15-12(17)9-16-13(18)14(7-8-14)10-3-5-11(19-2)6-4-10/h1-7,16,22H,8-15,17H2,(H,28,34)(H,29,33,35);3-6H,7-9H2,1-2H3,(H,15,17)(H,16,18). The van der Waals surface area contributed by atoms with E-state index in [9.17, 15) is 33.6 Å². The maximum Gasteiger partial charge on any atom is 0.262 e. The number of hydrogen-bond donors (Lipinski definition) is 4. The number of carbonyl (C=O) groups excluding carboxylic acids is 7. The van der Waals surface area contributed by atoms with Crippen molar-refractivity contribution >= 4 is 47.0 Å². The molecule has 16 nitrogen and oxygen atoms in total. The zero-order valence-electron chi connectivity index (χ0n) is 32.0. The second kappa shape index (κ2) is 18.1. The molecule has 7 rings (SSSR count). The van der Waals surface area contributed by atoms with Crippen molar-refractivity contribution in [1.82, 2.24) is 31.1 Å². The lowest BCUT2D eigenvalue weighted by atomic mass is 9.95. The van der Waals surface area contributed by atoms with Crippen LogP contribution in [-0.4, -0.2) is 124 Å². The molecule has 7 amide bonds. The van der Waals surface area contributed by atoms with E-state index in [1.807, 2.05) is 54.6 Å². The summed E-state index contributed by atoms with van der Waals surface area (Å²) in [6, 6.07) is 21.1. The first-order chi connectivity index (χ1) is 27.5. The van der Waals surface area contributed by atoms with Gasteiger partial charge in [-0.15, -0.1) is 0 Å². The molecular formula is C41H47N7O9. The molecule has 4 N–H and O–H groups in total. The SMILES string of the molecule is CNC(=O)CNC(=O)C1(c2ccc(OC)cc2)CC1.O=C(CN1CCN(c2ccc3c(c2)C(=O)N(C2CCC(=O)NC2=O)C3=O)CC1)NCCOc1ccccc1. The Hall–Kier alpha value is -6.29. The zero-order chi connectivity index (χ0) is 40.5. The summed E-state index contributed by atoms with van der Waals surface area (Å²) in [5, 5.41) is 10.2. The predicted octanol–water partition coefficient (Wildman–Crippen LogP) is 0.994. The molecule has 2 saturated heterocycles. The highest BCUT2D eigenvalue weighted by molar-refractivity contribution is 6.23. The molecule has 16 heteroatoms. The molecule has 0 aromatic heterocycles. The van der Waals surface area contributed by atoms with Crippen LogP contribution in [-0.2, 0) is 29.4 Å². The Morgan fingerprint density at radius 3 is 2.18 bits per heavy atom. The van der Waals surface area contributed by atoms with E-state index >= 15 is 0 Å². The van der Waals surface area contributed by atoms with Crippen molar-refractivity contribution in [3.63, 3.8) is 0 Å². The van der Waals surface area contributed by atoms with Crippen LogP contribution in [0.15, 0.2) is 72.8 Å². The van der Waals surface area contributed by atoms with Gasteiger partial charge in [0.15, 0.2) is 0 Å². The number of nitrogens with one attached hydrogen (secondary N) is 4. The lowest BCUT2D eigenvalue weighted by molar-refractivity contribution is -0.136. The molecule has 3 aromatic rings. The number of rotatable bonds is 13. The lowest BCUT2D eigenvalue weighted by Gasteiger charge is -2.35. The van der Waals surface area contributed by atoms with Crippen LogP contribution in [0.3, 0.4) is 0 Å². The molecule has 0 bridgehead atoms. The quantitative estimate of drug-likeness (QED) is 0.143. The van der Waals surface area contributed by atoms with Crippen molar-refractivity contribution in [3.8, 4) is 11.5 Å². The highest BCUT2D eigenvalue weighted by Gasteiger charge is 2.51. The van der Waals surface area contributed by atoms with Crippen molar-refractivity contribution in [2.45, 2.75) is 37.1 Å². The van der Waals surface area contributed by atoms with Gasteiger partial charge in [0, 0.05) is 45.3 Å². The molecule has 3 aromatic carbocycles. The average Bonchev–Trinajstić information content (AvgIpc) is 4.01. The van der Waals surface area contributed by atoms with Gasteiger partial charge in [0.05, 0.1) is 43.3 Å². The van der Waals surface area contributed by atoms with Crippen molar-refractivity contribution in [2.24, 2.45) is 0 Å². The number of nitrogens with zero attached hydrogens (tertiary/aromatic N) is 3. The summed E-state index contributed by atoms with van der Waals surface area (Å²) in [4.78, 5) is 90.5. The number of carbonyl (C=O) groups is 7. The summed E-state index contributed by atoms with van der Waals surface area (Å²) >= 11 is 0. The minimum Gasteiger partial charge on any atom is -0.497 e. The molecule has 57 heavy (non-hydrogen) atoms.